The number of aliphatic hydroxyl groups is 1. The Morgan fingerprint density at radius 1 is 1.52 bits per heavy atom. The summed E-state index contributed by atoms with van der Waals surface area (Å²) in [4.78, 5) is 42.7. The van der Waals surface area contributed by atoms with Gasteiger partial charge in [0.15, 0.2) is 6.39 Å². The lowest BCUT2D eigenvalue weighted by molar-refractivity contribution is -0.0509. The van der Waals surface area contributed by atoms with E-state index in [0.717, 1.165) is 6.39 Å². The summed E-state index contributed by atoms with van der Waals surface area (Å²) in [6.45, 7) is 1.92. The lowest BCUT2D eigenvalue weighted by atomic mass is 9.88. The number of nitrogens with one attached hydrogen (secondary N) is 1. The molecule has 23 heavy (non-hydrogen) atoms. The van der Waals surface area contributed by atoms with Crippen molar-refractivity contribution < 1.29 is 14.3 Å². The molecule has 9 heteroatoms. The molecule has 9 nitrogen and oxygen atoms in total. The van der Waals surface area contributed by atoms with Crippen molar-refractivity contribution >= 4 is 5.91 Å². The molecule has 0 unspecified atom stereocenters. The highest BCUT2D eigenvalue weighted by atomic mass is 16.3. The third kappa shape index (κ3) is 2.82. The molecule has 1 saturated heterocycles. The number of piperidine rings is 1. The minimum absolute atomic E-state index is 0.0305. The fourth-order valence-corrected chi connectivity index (χ4v) is 2.92. The number of H-pyrrole nitrogens is 1. The first-order chi connectivity index (χ1) is 10.9. The Kier molecular flexibility index (Phi) is 3.64. The van der Waals surface area contributed by atoms with E-state index in [4.69, 9.17) is 4.42 Å². The van der Waals surface area contributed by atoms with Crippen LogP contribution < -0.4 is 11.2 Å². The first kappa shape index (κ1) is 15.2. The van der Waals surface area contributed by atoms with Gasteiger partial charge < -0.3 is 14.4 Å². The van der Waals surface area contributed by atoms with Gasteiger partial charge in [0.25, 0.3) is 11.5 Å². The molecule has 1 fully saturated rings. The van der Waals surface area contributed by atoms with Gasteiger partial charge in [-0.1, -0.05) is 0 Å². The van der Waals surface area contributed by atoms with E-state index >= 15 is 0 Å². The number of rotatable bonds is 2. The molecule has 0 aromatic carbocycles. The predicted molar refractivity (Wildman–Crippen MR) is 78.0 cm³/mol. The van der Waals surface area contributed by atoms with Crippen molar-refractivity contribution in [3.63, 3.8) is 0 Å². The zero-order chi connectivity index (χ0) is 16.6. The summed E-state index contributed by atoms with van der Waals surface area (Å²) in [5, 5.41) is 10.7. The Morgan fingerprint density at radius 2 is 2.30 bits per heavy atom. The quantitative estimate of drug-likeness (QED) is 0.759. The molecule has 2 N–H and O–H groups in total. The molecule has 122 valence electrons. The molecule has 3 rings (SSSR count). The lowest BCUT2D eigenvalue weighted by Crippen LogP contribution is -2.56. The molecule has 1 aliphatic rings. The maximum Gasteiger partial charge on any atom is 0.328 e. The van der Waals surface area contributed by atoms with Crippen molar-refractivity contribution in [2.24, 2.45) is 0 Å². The van der Waals surface area contributed by atoms with Crippen LogP contribution in [0.2, 0.25) is 0 Å². The molecule has 2 aromatic heterocycles. The SMILES string of the molecule is C[C@@]1(O)CN(C(=O)c2cnco2)CC[C@H]1n1ccc(=O)[nH]c1=O. The minimum atomic E-state index is -1.34. The van der Waals surface area contributed by atoms with Crippen LogP contribution in [0, 0.1) is 0 Å². The molecule has 1 amide bonds. The average Bonchev–Trinajstić information content (AvgIpc) is 3.01. The van der Waals surface area contributed by atoms with Gasteiger partial charge in [0, 0.05) is 18.8 Å². The molecule has 0 spiro atoms. The number of amides is 1. The number of carbonyl (C=O) groups excluding carboxylic acids is 1. The second-order valence-electron chi connectivity index (χ2n) is 5.77. The van der Waals surface area contributed by atoms with Crippen LogP contribution in [0.5, 0.6) is 0 Å². The van der Waals surface area contributed by atoms with Crippen LogP contribution in [0.1, 0.15) is 29.9 Å². The van der Waals surface area contributed by atoms with Crippen LogP contribution in [0.15, 0.2) is 38.9 Å². The molecule has 3 heterocycles. The van der Waals surface area contributed by atoms with Crippen LogP contribution >= 0.6 is 0 Å². The molecule has 0 aliphatic carbocycles. The van der Waals surface area contributed by atoms with Gasteiger partial charge in [-0.15, -0.1) is 0 Å². The Bertz CT molecular complexity index is 820. The Hall–Kier alpha value is -2.68. The number of aromatic amines is 1. The minimum Gasteiger partial charge on any atom is -0.438 e. The fraction of sp³-hybridized carbons (Fsp3) is 0.429. The number of carbonyl (C=O) groups is 1. The summed E-state index contributed by atoms with van der Waals surface area (Å²) < 4.78 is 6.27. The second kappa shape index (κ2) is 5.51. The highest BCUT2D eigenvalue weighted by molar-refractivity contribution is 5.91. The summed E-state index contributed by atoms with van der Waals surface area (Å²) in [5.41, 5.74) is -2.42. The molecular weight excluding hydrogens is 304 g/mol. The molecule has 0 radical (unpaired) electrons. The van der Waals surface area contributed by atoms with Gasteiger partial charge in [-0.2, -0.15) is 0 Å². The van der Waals surface area contributed by atoms with E-state index in [1.54, 1.807) is 6.92 Å². The van der Waals surface area contributed by atoms with Gasteiger partial charge in [-0.25, -0.2) is 9.78 Å². The predicted octanol–water partition coefficient (Wildman–Crippen LogP) is -0.637. The van der Waals surface area contributed by atoms with Crippen LogP contribution in [0.4, 0.5) is 0 Å². The van der Waals surface area contributed by atoms with Crippen LogP contribution in [-0.2, 0) is 0 Å². The summed E-state index contributed by atoms with van der Waals surface area (Å²) in [6.07, 6.45) is 4.20. The number of aromatic nitrogens is 3. The topological polar surface area (TPSA) is 121 Å². The Balaban J connectivity index is 1.84. The molecule has 2 atom stereocenters. The summed E-state index contributed by atoms with van der Waals surface area (Å²) in [7, 11) is 0. The zero-order valence-electron chi connectivity index (χ0n) is 12.4. The number of hydrogen-bond acceptors (Lipinski definition) is 6. The lowest BCUT2D eigenvalue weighted by Gasteiger charge is -2.43. The van der Waals surface area contributed by atoms with Gasteiger partial charge in [0.05, 0.1) is 18.8 Å². The number of oxazole rings is 1. The highest BCUT2D eigenvalue weighted by Crippen LogP contribution is 2.31. The molecule has 0 saturated carbocycles. The normalized spacial score (nSPS) is 24.6. The van der Waals surface area contributed by atoms with Crippen molar-refractivity contribution in [1.29, 1.82) is 0 Å². The second-order valence-corrected chi connectivity index (χ2v) is 5.77. The van der Waals surface area contributed by atoms with Crippen molar-refractivity contribution in [3.05, 3.63) is 51.5 Å². The Morgan fingerprint density at radius 3 is 2.91 bits per heavy atom. The number of nitrogens with zero attached hydrogens (tertiary/aromatic N) is 3. The number of β-amino-alcohol motifs (C(OH)–C–C–N with tert-alkyl or cyclic N) is 1. The first-order valence-corrected chi connectivity index (χ1v) is 7.10. The first-order valence-electron chi connectivity index (χ1n) is 7.10. The largest absolute Gasteiger partial charge is 0.438 e. The van der Waals surface area contributed by atoms with Gasteiger partial charge in [-0.3, -0.25) is 19.1 Å². The fourth-order valence-electron chi connectivity index (χ4n) is 2.92. The third-order valence-corrected chi connectivity index (χ3v) is 4.02. The molecule has 0 bridgehead atoms. The van der Waals surface area contributed by atoms with Crippen LogP contribution in [0.25, 0.3) is 0 Å². The number of hydrogen-bond donors (Lipinski definition) is 2. The maximum atomic E-state index is 12.3. The van der Waals surface area contributed by atoms with E-state index < -0.39 is 22.9 Å². The zero-order valence-corrected chi connectivity index (χ0v) is 12.4. The highest BCUT2D eigenvalue weighted by Gasteiger charge is 2.41. The summed E-state index contributed by atoms with van der Waals surface area (Å²) in [5.74, 6) is -0.268. The maximum absolute atomic E-state index is 12.3. The van der Waals surface area contributed by atoms with Gasteiger partial charge in [0.2, 0.25) is 5.76 Å². The van der Waals surface area contributed by atoms with E-state index in [1.807, 2.05) is 0 Å². The van der Waals surface area contributed by atoms with E-state index in [0.29, 0.717) is 13.0 Å². The van der Waals surface area contributed by atoms with Crippen LogP contribution in [-0.4, -0.2) is 49.1 Å². The number of likely N-dealkylation sites (tertiary alicyclic amines) is 1. The van der Waals surface area contributed by atoms with E-state index in [9.17, 15) is 19.5 Å². The smallest absolute Gasteiger partial charge is 0.328 e. The van der Waals surface area contributed by atoms with E-state index in [-0.39, 0.29) is 18.2 Å². The Labute approximate surface area is 130 Å². The van der Waals surface area contributed by atoms with Gasteiger partial charge in [0.1, 0.15) is 5.60 Å². The third-order valence-electron chi connectivity index (χ3n) is 4.02. The van der Waals surface area contributed by atoms with E-state index in [1.165, 1.54) is 27.9 Å². The summed E-state index contributed by atoms with van der Waals surface area (Å²) >= 11 is 0. The van der Waals surface area contributed by atoms with Crippen molar-refractivity contribution in [2.45, 2.75) is 25.0 Å². The van der Waals surface area contributed by atoms with Crippen LogP contribution in [0.3, 0.4) is 0 Å². The van der Waals surface area contributed by atoms with Crippen molar-refractivity contribution in [2.75, 3.05) is 13.1 Å². The average molecular weight is 320 g/mol. The van der Waals surface area contributed by atoms with Gasteiger partial charge in [-0.05, 0) is 13.3 Å². The molecule has 2 aromatic rings. The van der Waals surface area contributed by atoms with Crippen molar-refractivity contribution in [1.82, 2.24) is 19.4 Å². The monoisotopic (exact) mass is 320 g/mol. The molecule has 1 aliphatic heterocycles. The summed E-state index contributed by atoms with van der Waals surface area (Å²) in [6, 6.07) is 0.675. The molecular formula is C14H16N4O5. The standard InChI is InChI=1S/C14H16N4O5/c1-14(22)7-17(12(20)9-6-15-8-23-9)4-2-10(14)18-5-3-11(19)16-13(18)21/h3,5-6,8,10,22H,2,4,7H2,1H3,(H,16,19,21)/t10-,14-/m1/s1. The van der Waals surface area contributed by atoms with Gasteiger partial charge >= 0.3 is 5.69 Å². The van der Waals surface area contributed by atoms with E-state index in [2.05, 4.69) is 9.97 Å². The van der Waals surface area contributed by atoms with Crippen molar-refractivity contribution in [3.8, 4) is 0 Å².